The van der Waals surface area contributed by atoms with Gasteiger partial charge in [-0.3, -0.25) is 4.68 Å². The molecule has 0 saturated carbocycles. The van der Waals surface area contributed by atoms with E-state index in [0.29, 0.717) is 13.1 Å². The SMILES string of the molecule is CC(C)(C)OC(=O)N1CCn2nc(I)cc2C1. The van der Waals surface area contributed by atoms with Crippen LogP contribution in [0.4, 0.5) is 4.79 Å². The van der Waals surface area contributed by atoms with E-state index in [9.17, 15) is 4.79 Å². The number of aromatic nitrogens is 2. The van der Waals surface area contributed by atoms with Crippen LogP contribution in [-0.4, -0.2) is 32.9 Å². The first-order valence-electron chi connectivity index (χ1n) is 5.55. The van der Waals surface area contributed by atoms with Crippen molar-refractivity contribution in [3.63, 3.8) is 0 Å². The summed E-state index contributed by atoms with van der Waals surface area (Å²) in [5.74, 6) is 0. The summed E-state index contributed by atoms with van der Waals surface area (Å²) in [6, 6.07) is 2.00. The molecule has 0 N–H and O–H groups in total. The third-order valence-electron chi connectivity index (χ3n) is 2.42. The third-order valence-corrected chi connectivity index (χ3v) is 2.95. The third kappa shape index (κ3) is 3.11. The van der Waals surface area contributed by atoms with Gasteiger partial charge in [0, 0.05) is 6.54 Å². The lowest BCUT2D eigenvalue weighted by Gasteiger charge is -2.30. The van der Waals surface area contributed by atoms with E-state index in [1.807, 2.05) is 31.5 Å². The second-order valence-corrected chi connectivity index (χ2v) is 6.19. The molecule has 94 valence electrons. The molecule has 0 unspecified atom stereocenters. The zero-order valence-electron chi connectivity index (χ0n) is 10.2. The lowest BCUT2D eigenvalue weighted by molar-refractivity contribution is 0.0194. The number of hydrogen-bond acceptors (Lipinski definition) is 3. The Morgan fingerprint density at radius 1 is 1.47 bits per heavy atom. The highest BCUT2D eigenvalue weighted by atomic mass is 127. The highest BCUT2D eigenvalue weighted by molar-refractivity contribution is 14.1. The highest BCUT2D eigenvalue weighted by Crippen LogP contribution is 2.17. The van der Waals surface area contributed by atoms with Crippen molar-refractivity contribution in [2.75, 3.05) is 6.54 Å². The molecule has 6 heteroatoms. The number of halogens is 1. The minimum absolute atomic E-state index is 0.250. The molecule has 2 rings (SSSR count). The topological polar surface area (TPSA) is 47.4 Å². The molecular weight excluding hydrogens is 333 g/mol. The molecule has 2 heterocycles. The van der Waals surface area contributed by atoms with Crippen LogP contribution in [0.2, 0.25) is 0 Å². The molecule has 1 aliphatic heterocycles. The predicted octanol–water partition coefficient (Wildman–Crippen LogP) is 2.24. The van der Waals surface area contributed by atoms with E-state index in [1.165, 1.54) is 0 Å². The summed E-state index contributed by atoms with van der Waals surface area (Å²) in [5.41, 5.74) is 0.620. The van der Waals surface area contributed by atoms with Crippen LogP contribution in [-0.2, 0) is 17.8 Å². The molecule has 0 spiro atoms. The van der Waals surface area contributed by atoms with E-state index >= 15 is 0 Å². The van der Waals surface area contributed by atoms with Gasteiger partial charge < -0.3 is 9.64 Å². The van der Waals surface area contributed by atoms with E-state index < -0.39 is 5.60 Å². The quantitative estimate of drug-likeness (QED) is 0.675. The summed E-state index contributed by atoms with van der Waals surface area (Å²) in [5, 5.41) is 4.34. The van der Waals surface area contributed by atoms with Crippen LogP contribution < -0.4 is 0 Å². The Balaban J connectivity index is 2.05. The first-order valence-corrected chi connectivity index (χ1v) is 6.63. The first-order chi connectivity index (χ1) is 7.85. The molecule has 0 bridgehead atoms. The van der Waals surface area contributed by atoms with Crippen molar-refractivity contribution in [2.45, 2.75) is 39.5 Å². The van der Waals surface area contributed by atoms with E-state index in [1.54, 1.807) is 4.90 Å². The van der Waals surface area contributed by atoms with Crippen molar-refractivity contribution < 1.29 is 9.53 Å². The molecule has 0 aromatic carbocycles. The van der Waals surface area contributed by atoms with Crippen molar-refractivity contribution in [1.29, 1.82) is 0 Å². The van der Waals surface area contributed by atoms with Gasteiger partial charge in [-0.15, -0.1) is 0 Å². The molecule has 1 aromatic rings. The van der Waals surface area contributed by atoms with Crippen LogP contribution in [0.25, 0.3) is 0 Å². The van der Waals surface area contributed by atoms with Gasteiger partial charge in [0.05, 0.1) is 18.8 Å². The van der Waals surface area contributed by atoms with Crippen LogP contribution in [0.15, 0.2) is 6.07 Å². The molecule has 0 aliphatic carbocycles. The average molecular weight is 349 g/mol. The zero-order valence-corrected chi connectivity index (χ0v) is 12.4. The number of nitrogens with zero attached hydrogens (tertiary/aromatic N) is 3. The van der Waals surface area contributed by atoms with Gasteiger partial charge in [0.25, 0.3) is 0 Å². The highest BCUT2D eigenvalue weighted by Gasteiger charge is 2.26. The Bertz CT molecular complexity index is 436. The van der Waals surface area contributed by atoms with Crippen molar-refractivity contribution in [1.82, 2.24) is 14.7 Å². The average Bonchev–Trinajstić information content (AvgIpc) is 2.53. The Morgan fingerprint density at radius 2 is 2.18 bits per heavy atom. The van der Waals surface area contributed by atoms with E-state index in [2.05, 4.69) is 27.7 Å². The molecule has 1 amide bonds. The summed E-state index contributed by atoms with van der Waals surface area (Å²) in [7, 11) is 0. The lowest BCUT2D eigenvalue weighted by Crippen LogP contribution is -2.41. The fourth-order valence-electron chi connectivity index (χ4n) is 1.71. The number of amides is 1. The van der Waals surface area contributed by atoms with Crippen LogP contribution in [0.3, 0.4) is 0 Å². The number of carbonyl (C=O) groups excluding carboxylic acids is 1. The van der Waals surface area contributed by atoms with Gasteiger partial charge in [0.15, 0.2) is 0 Å². The molecular formula is C11H16IN3O2. The zero-order chi connectivity index (χ0) is 12.6. The predicted molar refractivity (Wildman–Crippen MR) is 71.6 cm³/mol. The number of rotatable bonds is 0. The Kier molecular flexibility index (Phi) is 3.33. The molecule has 1 aliphatic rings. The molecule has 1 aromatic heterocycles. The fraction of sp³-hybridized carbons (Fsp3) is 0.636. The van der Waals surface area contributed by atoms with Gasteiger partial charge in [-0.2, -0.15) is 5.10 Å². The molecule has 0 atom stereocenters. The molecule has 5 nitrogen and oxygen atoms in total. The molecule has 0 saturated heterocycles. The van der Waals surface area contributed by atoms with Gasteiger partial charge in [-0.25, -0.2) is 4.79 Å². The van der Waals surface area contributed by atoms with Gasteiger partial charge >= 0.3 is 6.09 Å². The van der Waals surface area contributed by atoms with Gasteiger partial charge in [-0.05, 0) is 49.4 Å². The molecule has 17 heavy (non-hydrogen) atoms. The second kappa shape index (κ2) is 4.47. The van der Waals surface area contributed by atoms with Crippen molar-refractivity contribution in [2.24, 2.45) is 0 Å². The van der Waals surface area contributed by atoms with Gasteiger partial charge in [0.2, 0.25) is 0 Å². The summed E-state index contributed by atoms with van der Waals surface area (Å²) in [6.07, 6.45) is -0.250. The van der Waals surface area contributed by atoms with Crippen LogP contribution in [0.5, 0.6) is 0 Å². The standard InChI is InChI=1S/C11H16IN3O2/c1-11(2,3)17-10(16)14-4-5-15-8(7-14)6-9(12)13-15/h6H,4-5,7H2,1-3H3. The first kappa shape index (κ1) is 12.7. The smallest absolute Gasteiger partial charge is 0.410 e. The van der Waals surface area contributed by atoms with Crippen molar-refractivity contribution >= 4 is 28.7 Å². The van der Waals surface area contributed by atoms with Crippen molar-refractivity contribution in [3.8, 4) is 0 Å². The summed E-state index contributed by atoms with van der Waals surface area (Å²) in [4.78, 5) is 13.6. The monoisotopic (exact) mass is 349 g/mol. The van der Waals surface area contributed by atoms with Gasteiger partial charge in [0.1, 0.15) is 9.30 Å². The molecule has 0 radical (unpaired) electrons. The molecule has 0 fully saturated rings. The normalized spacial score (nSPS) is 15.6. The summed E-state index contributed by atoms with van der Waals surface area (Å²) in [6.45, 7) is 7.59. The Labute approximate surface area is 114 Å². The van der Waals surface area contributed by atoms with Gasteiger partial charge in [-0.1, -0.05) is 0 Å². The van der Waals surface area contributed by atoms with E-state index in [0.717, 1.165) is 15.9 Å². The Hall–Kier alpha value is -0.790. The van der Waals surface area contributed by atoms with Crippen LogP contribution in [0.1, 0.15) is 26.5 Å². The number of carbonyl (C=O) groups is 1. The fourth-order valence-corrected chi connectivity index (χ4v) is 2.33. The maximum atomic E-state index is 11.9. The summed E-state index contributed by atoms with van der Waals surface area (Å²) >= 11 is 2.18. The summed E-state index contributed by atoms with van der Waals surface area (Å²) < 4.78 is 8.26. The number of ether oxygens (including phenoxy) is 1. The van der Waals surface area contributed by atoms with E-state index in [-0.39, 0.29) is 6.09 Å². The number of hydrogen-bond donors (Lipinski definition) is 0. The van der Waals surface area contributed by atoms with Crippen LogP contribution >= 0.6 is 22.6 Å². The second-order valence-electron chi connectivity index (χ2n) is 5.08. The Morgan fingerprint density at radius 3 is 2.82 bits per heavy atom. The van der Waals surface area contributed by atoms with E-state index in [4.69, 9.17) is 4.74 Å². The maximum absolute atomic E-state index is 11.9. The largest absolute Gasteiger partial charge is 0.444 e. The minimum Gasteiger partial charge on any atom is -0.444 e. The lowest BCUT2D eigenvalue weighted by atomic mass is 10.2. The maximum Gasteiger partial charge on any atom is 0.410 e. The van der Waals surface area contributed by atoms with Crippen molar-refractivity contribution in [3.05, 3.63) is 15.5 Å². The minimum atomic E-state index is -0.441. The van der Waals surface area contributed by atoms with Crippen LogP contribution in [0, 0.1) is 3.70 Å². The number of fused-ring (bicyclic) bond motifs is 1.